The van der Waals surface area contributed by atoms with E-state index in [0.717, 1.165) is 11.1 Å². The first kappa shape index (κ1) is 23.4. The van der Waals surface area contributed by atoms with Gasteiger partial charge in [-0.15, -0.1) is 0 Å². The van der Waals surface area contributed by atoms with E-state index < -0.39 is 10.0 Å². The molecule has 0 spiro atoms. The fourth-order valence-corrected chi connectivity index (χ4v) is 5.00. The Morgan fingerprint density at radius 3 is 2.32 bits per heavy atom. The van der Waals surface area contributed by atoms with E-state index >= 15 is 0 Å². The van der Waals surface area contributed by atoms with E-state index in [1.54, 1.807) is 24.3 Å². The highest BCUT2D eigenvalue weighted by Crippen LogP contribution is 2.19. The van der Waals surface area contributed by atoms with Gasteiger partial charge in [0.05, 0.1) is 24.2 Å². The van der Waals surface area contributed by atoms with Crippen LogP contribution in [0.2, 0.25) is 0 Å². The van der Waals surface area contributed by atoms with Gasteiger partial charge in [0, 0.05) is 26.1 Å². The van der Waals surface area contributed by atoms with Gasteiger partial charge in [-0.1, -0.05) is 42.5 Å². The Morgan fingerprint density at radius 1 is 1.06 bits per heavy atom. The van der Waals surface area contributed by atoms with Crippen molar-refractivity contribution in [1.82, 2.24) is 14.5 Å². The van der Waals surface area contributed by atoms with Crippen LogP contribution in [-0.2, 0) is 26.0 Å². The molecule has 1 aliphatic heterocycles. The molecule has 3 rings (SSSR count). The average Bonchev–Trinajstić information content (AvgIpc) is 2.79. The van der Waals surface area contributed by atoms with Crippen molar-refractivity contribution in [2.24, 2.45) is 0 Å². The summed E-state index contributed by atoms with van der Waals surface area (Å²) >= 11 is 0. The molecule has 0 aliphatic carbocycles. The fourth-order valence-electron chi connectivity index (χ4n) is 3.59. The van der Waals surface area contributed by atoms with Crippen LogP contribution in [-0.4, -0.2) is 70.5 Å². The highest BCUT2D eigenvalue weighted by Gasteiger charge is 2.26. The van der Waals surface area contributed by atoms with E-state index in [0.29, 0.717) is 45.7 Å². The maximum atomic E-state index is 12.7. The summed E-state index contributed by atoms with van der Waals surface area (Å²) in [7, 11) is 0.499. The van der Waals surface area contributed by atoms with Gasteiger partial charge in [-0.25, -0.2) is 8.42 Å². The van der Waals surface area contributed by atoms with E-state index in [9.17, 15) is 13.2 Å². The molecule has 1 fully saturated rings. The van der Waals surface area contributed by atoms with Crippen molar-refractivity contribution in [1.29, 1.82) is 0 Å². The number of aryl methyl sites for hydroxylation is 1. The molecule has 0 aromatic heterocycles. The normalized spacial score (nSPS) is 16.2. The molecule has 1 saturated heterocycles. The van der Waals surface area contributed by atoms with Crippen LogP contribution in [0.1, 0.15) is 23.6 Å². The molecule has 2 aromatic carbocycles. The number of ether oxygens (including phenoxy) is 1. The zero-order valence-electron chi connectivity index (χ0n) is 18.2. The fraction of sp³-hybridized carbons (Fsp3) is 0.435. The predicted octanol–water partition coefficient (Wildman–Crippen LogP) is 2.06. The van der Waals surface area contributed by atoms with Gasteiger partial charge in [0.25, 0.3) is 0 Å². The summed E-state index contributed by atoms with van der Waals surface area (Å²) in [6.07, 6.45) is 0.909. The molecular formula is C23H31N3O4S. The zero-order chi connectivity index (χ0) is 22.3. The van der Waals surface area contributed by atoms with Crippen molar-refractivity contribution in [3.05, 3.63) is 65.7 Å². The lowest BCUT2D eigenvalue weighted by atomic mass is 10.1. The number of benzene rings is 2. The molecule has 1 aliphatic rings. The second-order valence-corrected chi connectivity index (χ2v) is 9.79. The molecule has 31 heavy (non-hydrogen) atoms. The molecule has 2 aromatic rings. The SMILES string of the molecule is CN(C)[C@@H](CNC(=O)CCc1ccc(S(=O)(=O)N2CCOCC2)cc1)c1ccccc1. The Bertz CT molecular complexity index is 941. The largest absolute Gasteiger partial charge is 0.379 e. The number of carbonyl (C=O) groups excluding carboxylic acids is 1. The number of sulfonamides is 1. The first-order valence-electron chi connectivity index (χ1n) is 10.5. The van der Waals surface area contributed by atoms with Gasteiger partial charge in [-0.05, 0) is 43.8 Å². The standard InChI is InChI=1S/C23H31N3O4S/c1-25(2)22(20-6-4-3-5-7-20)18-24-23(27)13-10-19-8-11-21(12-9-19)31(28,29)26-14-16-30-17-15-26/h3-9,11-12,22H,10,13-18H2,1-2H3,(H,24,27)/t22-/m0/s1. The molecule has 7 nitrogen and oxygen atoms in total. The summed E-state index contributed by atoms with van der Waals surface area (Å²) in [5.41, 5.74) is 2.09. The second-order valence-electron chi connectivity index (χ2n) is 7.85. The smallest absolute Gasteiger partial charge is 0.243 e. The molecule has 0 radical (unpaired) electrons. The minimum absolute atomic E-state index is 0.0206. The van der Waals surface area contributed by atoms with Gasteiger partial charge < -0.3 is 15.0 Å². The third-order valence-corrected chi connectivity index (χ3v) is 7.39. The number of likely N-dealkylation sites (N-methyl/N-ethyl adjacent to an activating group) is 1. The number of carbonyl (C=O) groups is 1. The van der Waals surface area contributed by atoms with Crippen molar-refractivity contribution in [3.8, 4) is 0 Å². The molecule has 1 atom stereocenters. The first-order valence-corrected chi connectivity index (χ1v) is 12.0. The van der Waals surface area contributed by atoms with Crippen LogP contribution in [0.4, 0.5) is 0 Å². The van der Waals surface area contributed by atoms with Crippen LogP contribution in [0.25, 0.3) is 0 Å². The number of nitrogens with zero attached hydrogens (tertiary/aromatic N) is 2. The summed E-state index contributed by atoms with van der Waals surface area (Å²) in [4.78, 5) is 14.7. The van der Waals surface area contributed by atoms with Gasteiger partial charge in [0.2, 0.25) is 15.9 Å². The number of morpholine rings is 1. The number of hydrogen-bond acceptors (Lipinski definition) is 5. The molecule has 168 valence electrons. The van der Waals surface area contributed by atoms with Gasteiger partial charge in [-0.3, -0.25) is 4.79 Å². The van der Waals surface area contributed by atoms with Gasteiger partial charge >= 0.3 is 0 Å². The average molecular weight is 446 g/mol. The molecule has 1 heterocycles. The van der Waals surface area contributed by atoms with Crippen molar-refractivity contribution >= 4 is 15.9 Å². The lowest BCUT2D eigenvalue weighted by Crippen LogP contribution is -2.40. The number of nitrogens with one attached hydrogen (secondary N) is 1. The van der Waals surface area contributed by atoms with Crippen LogP contribution >= 0.6 is 0 Å². The number of amides is 1. The maximum Gasteiger partial charge on any atom is 0.243 e. The predicted molar refractivity (Wildman–Crippen MR) is 120 cm³/mol. The van der Waals surface area contributed by atoms with Crippen LogP contribution < -0.4 is 5.32 Å². The minimum Gasteiger partial charge on any atom is -0.379 e. The Labute approximate surface area is 185 Å². The molecule has 0 unspecified atom stereocenters. The number of hydrogen-bond donors (Lipinski definition) is 1. The van der Waals surface area contributed by atoms with E-state index in [4.69, 9.17) is 4.74 Å². The van der Waals surface area contributed by atoms with Crippen LogP contribution in [0.15, 0.2) is 59.5 Å². The van der Waals surface area contributed by atoms with Crippen LogP contribution in [0, 0.1) is 0 Å². The Hall–Kier alpha value is -2.26. The van der Waals surface area contributed by atoms with Gasteiger partial charge in [0.15, 0.2) is 0 Å². The topological polar surface area (TPSA) is 79.0 Å². The van der Waals surface area contributed by atoms with Gasteiger partial charge in [-0.2, -0.15) is 4.31 Å². The molecular weight excluding hydrogens is 414 g/mol. The summed E-state index contributed by atoms with van der Waals surface area (Å²) < 4.78 is 32.1. The maximum absolute atomic E-state index is 12.7. The van der Waals surface area contributed by atoms with E-state index in [2.05, 4.69) is 22.3 Å². The monoisotopic (exact) mass is 445 g/mol. The summed E-state index contributed by atoms with van der Waals surface area (Å²) in [5.74, 6) is -0.0206. The van der Waals surface area contributed by atoms with Crippen LogP contribution in [0.5, 0.6) is 0 Å². The van der Waals surface area contributed by atoms with Crippen molar-refractivity contribution in [2.75, 3.05) is 46.9 Å². The summed E-state index contributed by atoms with van der Waals surface area (Å²) in [5, 5.41) is 3.02. The second kappa shape index (κ2) is 10.9. The minimum atomic E-state index is -3.49. The lowest BCUT2D eigenvalue weighted by Gasteiger charge is -2.26. The summed E-state index contributed by atoms with van der Waals surface area (Å²) in [6.45, 7) is 2.13. The Morgan fingerprint density at radius 2 is 1.71 bits per heavy atom. The van der Waals surface area contributed by atoms with Crippen molar-refractivity contribution < 1.29 is 17.9 Å². The van der Waals surface area contributed by atoms with E-state index in [1.807, 2.05) is 32.3 Å². The van der Waals surface area contributed by atoms with E-state index in [1.165, 1.54) is 4.31 Å². The molecule has 8 heteroatoms. The lowest BCUT2D eigenvalue weighted by molar-refractivity contribution is -0.121. The van der Waals surface area contributed by atoms with Crippen molar-refractivity contribution in [3.63, 3.8) is 0 Å². The first-order chi connectivity index (χ1) is 14.9. The van der Waals surface area contributed by atoms with E-state index in [-0.39, 0.29) is 16.8 Å². The van der Waals surface area contributed by atoms with Gasteiger partial charge in [0.1, 0.15) is 0 Å². The quantitative estimate of drug-likeness (QED) is 0.639. The Kier molecular flexibility index (Phi) is 8.20. The zero-order valence-corrected chi connectivity index (χ0v) is 19.0. The highest BCUT2D eigenvalue weighted by atomic mass is 32.2. The Balaban J connectivity index is 1.51. The highest BCUT2D eigenvalue weighted by molar-refractivity contribution is 7.89. The third-order valence-electron chi connectivity index (χ3n) is 5.47. The molecule has 1 N–H and O–H groups in total. The molecule has 1 amide bonds. The van der Waals surface area contributed by atoms with Crippen LogP contribution in [0.3, 0.4) is 0 Å². The number of rotatable bonds is 9. The van der Waals surface area contributed by atoms with Crippen molar-refractivity contribution in [2.45, 2.75) is 23.8 Å². The molecule has 0 saturated carbocycles. The summed E-state index contributed by atoms with van der Waals surface area (Å²) in [6, 6.07) is 17.0. The third kappa shape index (κ3) is 6.36. The molecule has 0 bridgehead atoms.